The van der Waals surface area contributed by atoms with Crippen LogP contribution in [-0.4, -0.2) is 11.6 Å². The van der Waals surface area contributed by atoms with E-state index in [0.29, 0.717) is 6.61 Å². The number of hydrazine groups is 1. The first kappa shape index (κ1) is 13.0. The standard InChI is InChI=1S/C13H17N3OS/c1-2-17-11-6-10(8-15-9-11)13(16-14)7-12-4-3-5-18-12/h3-6,8-9,13,16H,2,7,14H2,1H3. The SMILES string of the molecule is CCOc1cncc(C(Cc2cccs2)NN)c1. The van der Waals surface area contributed by atoms with Gasteiger partial charge in [-0.15, -0.1) is 11.3 Å². The number of nitrogens with zero attached hydrogens (tertiary/aromatic N) is 1. The van der Waals surface area contributed by atoms with Crippen LogP contribution in [0.2, 0.25) is 0 Å². The van der Waals surface area contributed by atoms with E-state index in [1.54, 1.807) is 17.5 Å². The maximum Gasteiger partial charge on any atom is 0.137 e. The predicted octanol–water partition coefficient (Wildman–Crippen LogP) is 2.29. The van der Waals surface area contributed by atoms with Crippen molar-refractivity contribution in [3.63, 3.8) is 0 Å². The minimum Gasteiger partial charge on any atom is -0.492 e. The molecule has 1 unspecified atom stereocenters. The summed E-state index contributed by atoms with van der Waals surface area (Å²) in [5.74, 6) is 6.41. The zero-order valence-electron chi connectivity index (χ0n) is 10.3. The van der Waals surface area contributed by atoms with Crippen molar-refractivity contribution in [2.24, 2.45) is 5.84 Å². The molecule has 0 aromatic carbocycles. The zero-order chi connectivity index (χ0) is 12.8. The molecule has 0 saturated carbocycles. The van der Waals surface area contributed by atoms with Crippen molar-refractivity contribution in [2.45, 2.75) is 19.4 Å². The first-order valence-electron chi connectivity index (χ1n) is 5.89. The Morgan fingerprint density at radius 2 is 2.39 bits per heavy atom. The molecule has 0 bridgehead atoms. The lowest BCUT2D eigenvalue weighted by Crippen LogP contribution is -2.29. The van der Waals surface area contributed by atoms with Gasteiger partial charge in [0.1, 0.15) is 5.75 Å². The molecule has 0 amide bonds. The van der Waals surface area contributed by atoms with Gasteiger partial charge in [0.2, 0.25) is 0 Å². The Balaban J connectivity index is 2.13. The number of aromatic nitrogens is 1. The van der Waals surface area contributed by atoms with Crippen LogP contribution in [0.3, 0.4) is 0 Å². The summed E-state index contributed by atoms with van der Waals surface area (Å²) in [5, 5.41) is 2.07. The van der Waals surface area contributed by atoms with Crippen LogP contribution >= 0.6 is 11.3 Å². The maximum absolute atomic E-state index is 5.63. The van der Waals surface area contributed by atoms with Gasteiger partial charge in [0.05, 0.1) is 18.8 Å². The fraction of sp³-hybridized carbons (Fsp3) is 0.308. The molecule has 0 fully saturated rings. The fourth-order valence-electron chi connectivity index (χ4n) is 1.77. The second-order valence-corrected chi connectivity index (χ2v) is 4.92. The summed E-state index contributed by atoms with van der Waals surface area (Å²) in [6, 6.07) is 6.18. The van der Waals surface area contributed by atoms with E-state index in [4.69, 9.17) is 10.6 Å². The van der Waals surface area contributed by atoms with Crippen LogP contribution in [0.25, 0.3) is 0 Å². The summed E-state index contributed by atoms with van der Waals surface area (Å²) in [6.07, 6.45) is 4.39. The molecule has 2 aromatic heterocycles. The summed E-state index contributed by atoms with van der Waals surface area (Å²) in [5.41, 5.74) is 3.88. The van der Waals surface area contributed by atoms with Crippen molar-refractivity contribution < 1.29 is 4.74 Å². The Morgan fingerprint density at radius 1 is 1.50 bits per heavy atom. The summed E-state index contributed by atoms with van der Waals surface area (Å²) >= 11 is 1.73. The number of pyridine rings is 1. The van der Waals surface area contributed by atoms with Crippen LogP contribution in [0.4, 0.5) is 0 Å². The van der Waals surface area contributed by atoms with E-state index in [1.807, 2.05) is 25.3 Å². The van der Waals surface area contributed by atoms with Crippen LogP contribution in [0.5, 0.6) is 5.75 Å². The molecule has 96 valence electrons. The van der Waals surface area contributed by atoms with Gasteiger partial charge in [0.25, 0.3) is 0 Å². The minimum atomic E-state index is 0.0524. The molecule has 2 aromatic rings. The Bertz CT molecular complexity index is 473. The zero-order valence-corrected chi connectivity index (χ0v) is 11.1. The second kappa shape index (κ2) is 6.49. The number of thiophene rings is 1. The molecule has 0 aliphatic rings. The number of hydrogen-bond acceptors (Lipinski definition) is 5. The molecule has 2 rings (SSSR count). The highest BCUT2D eigenvalue weighted by Gasteiger charge is 2.12. The van der Waals surface area contributed by atoms with Gasteiger partial charge in [-0.05, 0) is 30.0 Å². The number of hydrogen-bond donors (Lipinski definition) is 2. The molecule has 0 aliphatic heterocycles. The molecule has 0 aliphatic carbocycles. The van der Waals surface area contributed by atoms with E-state index in [2.05, 4.69) is 21.9 Å². The number of nitrogens with two attached hydrogens (primary N) is 1. The van der Waals surface area contributed by atoms with Crippen molar-refractivity contribution in [3.05, 3.63) is 46.4 Å². The van der Waals surface area contributed by atoms with Crippen molar-refractivity contribution in [3.8, 4) is 5.75 Å². The molecule has 4 nitrogen and oxygen atoms in total. The van der Waals surface area contributed by atoms with Crippen LogP contribution in [0, 0.1) is 0 Å². The highest BCUT2D eigenvalue weighted by atomic mass is 32.1. The summed E-state index contributed by atoms with van der Waals surface area (Å²) in [4.78, 5) is 5.48. The fourth-order valence-corrected chi connectivity index (χ4v) is 2.53. The van der Waals surface area contributed by atoms with Crippen molar-refractivity contribution in [1.29, 1.82) is 0 Å². The van der Waals surface area contributed by atoms with Gasteiger partial charge in [0, 0.05) is 17.5 Å². The second-order valence-electron chi connectivity index (χ2n) is 3.89. The molecule has 5 heteroatoms. The minimum absolute atomic E-state index is 0.0524. The normalized spacial score (nSPS) is 12.3. The van der Waals surface area contributed by atoms with Crippen LogP contribution in [0.15, 0.2) is 36.0 Å². The molecular formula is C13H17N3OS. The molecule has 0 spiro atoms. The molecule has 0 radical (unpaired) electrons. The van der Waals surface area contributed by atoms with Gasteiger partial charge < -0.3 is 4.74 Å². The quantitative estimate of drug-likeness (QED) is 0.620. The van der Waals surface area contributed by atoms with E-state index < -0.39 is 0 Å². The first-order chi connectivity index (χ1) is 8.83. The van der Waals surface area contributed by atoms with Gasteiger partial charge in [-0.1, -0.05) is 6.07 Å². The summed E-state index contributed by atoms with van der Waals surface area (Å²) in [6.45, 7) is 2.59. The van der Waals surface area contributed by atoms with Crippen molar-refractivity contribution >= 4 is 11.3 Å². The smallest absolute Gasteiger partial charge is 0.137 e. The lowest BCUT2D eigenvalue weighted by atomic mass is 10.1. The van der Waals surface area contributed by atoms with Gasteiger partial charge in [-0.2, -0.15) is 0 Å². The van der Waals surface area contributed by atoms with Gasteiger partial charge >= 0.3 is 0 Å². The molecule has 3 N–H and O–H groups in total. The molecule has 0 saturated heterocycles. The average Bonchev–Trinajstić information content (AvgIpc) is 2.89. The van der Waals surface area contributed by atoms with E-state index in [0.717, 1.165) is 17.7 Å². The largest absolute Gasteiger partial charge is 0.492 e. The van der Waals surface area contributed by atoms with Crippen molar-refractivity contribution in [1.82, 2.24) is 10.4 Å². The summed E-state index contributed by atoms with van der Waals surface area (Å²) in [7, 11) is 0. The number of ether oxygens (including phenoxy) is 1. The third kappa shape index (κ3) is 3.29. The van der Waals surface area contributed by atoms with Gasteiger partial charge in [-0.3, -0.25) is 16.3 Å². The number of nitrogens with one attached hydrogen (secondary N) is 1. The lowest BCUT2D eigenvalue weighted by molar-refractivity contribution is 0.338. The predicted molar refractivity (Wildman–Crippen MR) is 73.5 cm³/mol. The average molecular weight is 263 g/mol. The third-order valence-electron chi connectivity index (χ3n) is 2.63. The number of rotatable bonds is 6. The highest BCUT2D eigenvalue weighted by molar-refractivity contribution is 7.09. The van der Waals surface area contributed by atoms with E-state index in [9.17, 15) is 0 Å². The third-order valence-corrected chi connectivity index (χ3v) is 3.53. The van der Waals surface area contributed by atoms with E-state index in [-0.39, 0.29) is 6.04 Å². The molecule has 2 heterocycles. The molecular weight excluding hydrogens is 246 g/mol. The van der Waals surface area contributed by atoms with E-state index in [1.165, 1.54) is 4.88 Å². The molecule has 18 heavy (non-hydrogen) atoms. The maximum atomic E-state index is 5.63. The Kier molecular flexibility index (Phi) is 4.69. The highest BCUT2D eigenvalue weighted by Crippen LogP contribution is 2.22. The Morgan fingerprint density at radius 3 is 3.06 bits per heavy atom. The lowest BCUT2D eigenvalue weighted by Gasteiger charge is -2.16. The topological polar surface area (TPSA) is 60.2 Å². The van der Waals surface area contributed by atoms with Crippen molar-refractivity contribution in [2.75, 3.05) is 6.61 Å². The van der Waals surface area contributed by atoms with Gasteiger partial charge in [0.15, 0.2) is 0 Å². The van der Waals surface area contributed by atoms with Crippen LogP contribution in [-0.2, 0) is 6.42 Å². The Hall–Kier alpha value is -1.43. The Labute approximate surface area is 111 Å². The van der Waals surface area contributed by atoms with Gasteiger partial charge in [-0.25, -0.2) is 0 Å². The molecule has 1 atom stereocenters. The first-order valence-corrected chi connectivity index (χ1v) is 6.77. The van der Waals surface area contributed by atoms with Crippen LogP contribution < -0.4 is 16.0 Å². The van der Waals surface area contributed by atoms with E-state index >= 15 is 0 Å². The monoisotopic (exact) mass is 263 g/mol. The van der Waals surface area contributed by atoms with Crippen LogP contribution in [0.1, 0.15) is 23.4 Å². The summed E-state index contributed by atoms with van der Waals surface area (Å²) < 4.78 is 5.45.